The summed E-state index contributed by atoms with van der Waals surface area (Å²) < 4.78 is 47.2. The van der Waals surface area contributed by atoms with Gasteiger partial charge in [-0.05, 0) is 36.4 Å². The first-order chi connectivity index (χ1) is 17.8. The molecule has 2 N–H and O–H groups in total. The van der Waals surface area contributed by atoms with E-state index in [2.05, 4.69) is 31.5 Å². The van der Waals surface area contributed by atoms with E-state index in [4.69, 9.17) is 0 Å². The van der Waals surface area contributed by atoms with Gasteiger partial charge in [0.05, 0.1) is 16.6 Å². The number of hydrogen-bond donors (Lipinski definition) is 2. The molecule has 10 heteroatoms. The van der Waals surface area contributed by atoms with Crippen molar-refractivity contribution in [3.63, 3.8) is 0 Å². The Labute approximate surface area is 226 Å². The molecule has 1 heterocycles. The van der Waals surface area contributed by atoms with E-state index in [1.165, 1.54) is 22.8 Å². The molecule has 0 atom stereocenters. The highest BCUT2D eigenvalue weighted by atomic mass is 79.9. The molecular weight excluding hydrogens is 561 g/mol. The van der Waals surface area contributed by atoms with Crippen LogP contribution in [0, 0.1) is 22.9 Å². The molecule has 0 bridgehead atoms. The molecule has 2 amide bonds. The number of aromatic nitrogens is 2. The third-order valence-corrected chi connectivity index (χ3v) is 6.66. The van der Waals surface area contributed by atoms with Crippen molar-refractivity contribution in [1.29, 1.82) is 0 Å². The highest BCUT2D eigenvalue weighted by Crippen LogP contribution is 2.25. The minimum Gasteiger partial charge on any atom is -0.351 e. The molecule has 0 aliphatic heterocycles. The van der Waals surface area contributed by atoms with E-state index in [0.717, 1.165) is 10.5 Å². The van der Waals surface area contributed by atoms with Crippen molar-refractivity contribution < 1.29 is 22.8 Å². The second-order valence-corrected chi connectivity index (χ2v) is 10.9. The van der Waals surface area contributed by atoms with E-state index in [-0.39, 0.29) is 41.4 Å². The summed E-state index contributed by atoms with van der Waals surface area (Å²) in [4.78, 5) is 29.3. The second kappa shape index (κ2) is 10.6. The van der Waals surface area contributed by atoms with Gasteiger partial charge in [-0.25, -0.2) is 18.2 Å². The van der Waals surface area contributed by atoms with Crippen LogP contribution in [-0.2, 0) is 24.8 Å². The third-order valence-electron chi connectivity index (χ3n) is 6.13. The van der Waals surface area contributed by atoms with E-state index >= 15 is 4.39 Å². The zero-order valence-electron chi connectivity index (χ0n) is 21.3. The van der Waals surface area contributed by atoms with Gasteiger partial charge < -0.3 is 15.2 Å². The minimum atomic E-state index is -0.785. The summed E-state index contributed by atoms with van der Waals surface area (Å²) in [6.07, 6.45) is -0.216. The highest BCUT2D eigenvalue weighted by molar-refractivity contribution is 9.10. The standard InChI is InChI=1S/C28H26BrF3N4O2/c1-28(2,3)27(38)33-14-15-5-10-20(30)18(25(15)32)12-24-35-22-11-19(21(31)13-23(22)36(24)4)26(37)34-17-8-6-16(29)7-9-17/h5-11,13H,12,14H2,1-4H3,(H,33,38)(H,34,37). The van der Waals surface area contributed by atoms with Gasteiger partial charge in [0.15, 0.2) is 0 Å². The zero-order valence-corrected chi connectivity index (χ0v) is 22.8. The predicted octanol–water partition coefficient (Wildman–Crippen LogP) is 6.26. The maximum atomic E-state index is 15.3. The number of anilines is 1. The Kier molecular flexibility index (Phi) is 7.64. The molecular formula is C28H26BrF3N4O2. The van der Waals surface area contributed by atoms with Crippen LogP contribution in [0.1, 0.15) is 48.1 Å². The fourth-order valence-electron chi connectivity index (χ4n) is 3.87. The van der Waals surface area contributed by atoms with Gasteiger partial charge in [0.25, 0.3) is 5.91 Å². The van der Waals surface area contributed by atoms with E-state index in [9.17, 15) is 18.4 Å². The zero-order chi connectivity index (χ0) is 27.8. The first kappa shape index (κ1) is 27.4. The topological polar surface area (TPSA) is 76.0 Å². The number of nitrogens with one attached hydrogen (secondary N) is 2. The molecule has 0 fully saturated rings. The van der Waals surface area contributed by atoms with E-state index < -0.39 is 28.8 Å². The molecule has 0 aliphatic carbocycles. The second-order valence-electron chi connectivity index (χ2n) is 9.98. The van der Waals surface area contributed by atoms with Crippen molar-refractivity contribution in [3.8, 4) is 0 Å². The SMILES string of the molecule is Cn1c(Cc2c(F)ccc(CNC(=O)C(C)(C)C)c2F)nc2cc(C(=O)Nc3ccc(Br)cc3)c(F)cc21. The van der Waals surface area contributed by atoms with Crippen LogP contribution in [0.25, 0.3) is 11.0 Å². The lowest BCUT2D eigenvalue weighted by molar-refractivity contribution is -0.128. The van der Waals surface area contributed by atoms with Gasteiger partial charge >= 0.3 is 0 Å². The lowest BCUT2D eigenvalue weighted by atomic mass is 9.95. The van der Waals surface area contributed by atoms with Crippen LogP contribution in [-0.4, -0.2) is 21.4 Å². The lowest BCUT2D eigenvalue weighted by Gasteiger charge is -2.18. The number of halogens is 4. The number of rotatable bonds is 6. The molecule has 38 heavy (non-hydrogen) atoms. The minimum absolute atomic E-state index is 0.0974. The largest absolute Gasteiger partial charge is 0.351 e. The molecule has 6 nitrogen and oxygen atoms in total. The van der Waals surface area contributed by atoms with Crippen molar-refractivity contribution >= 4 is 44.5 Å². The molecule has 4 rings (SSSR count). The number of amides is 2. The Morgan fingerprint density at radius 3 is 2.34 bits per heavy atom. The summed E-state index contributed by atoms with van der Waals surface area (Å²) in [6, 6.07) is 11.7. The number of hydrogen-bond acceptors (Lipinski definition) is 3. The molecule has 1 aromatic heterocycles. The quantitative estimate of drug-likeness (QED) is 0.280. The van der Waals surface area contributed by atoms with Crippen LogP contribution in [0.5, 0.6) is 0 Å². The number of fused-ring (bicyclic) bond motifs is 1. The van der Waals surface area contributed by atoms with Crippen LogP contribution in [0.3, 0.4) is 0 Å². The summed E-state index contributed by atoms with van der Waals surface area (Å²) in [5.41, 5.74) is 0.208. The van der Waals surface area contributed by atoms with Crippen LogP contribution in [0.15, 0.2) is 53.0 Å². The molecule has 3 aromatic carbocycles. The van der Waals surface area contributed by atoms with Crippen LogP contribution in [0.4, 0.5) is 18.9 Å². The summed E-state index contributed by atoms with van der Waals surface area (Å²) in [5, 5.41) is 5.30. The van der Waals surface area contributed by atoms with Crippen molar-refractivity contribution in [2.75, 3.05) is 5.32 Å². The molecule has 0 saturated heterocycles. The van der Waals surface area contributed by atoms with E-state index in [1.54, 1.807) is 52.1 Å². The monoisotopic (exact) mass is 586 g/mol. The molecule has 0 unspecified atom stereocenters. The smallest absolute Gasteiger partial charge is 0.258 e. The summed E-state index contributed by atoms with van der Waals surface area (Å²) >= 11 is 3.31. The lowest BCUT2D eigenvalue weighted by Crippen LogP contribution is -2.34. The van der Waals surface area contributed by atoms with E-state index in [0.29, 0.717) is 16.7 Å². The maximum Gasteiger partial charge on any atom is 0.258 e. The fraction of sp³-hybridized carbons (Fsp3) is 0.250. The first-order valence-electron chi connectivity index (χ1n) is 11.8. The van der Waals surface area contributed by atoms with Gasteiger partial charge in [0.1, 0.15) is 23.3 Å². The van der Waals surface area contributed by atoms with Gasteiger partial charge in [0, 0.05) is 52.8 Å². The fourth-order valence-corrected chi connectivity index (χ4v) is 4.13. The Balaban J connectivity index is 1.61. The normalized spacial score (nSPS) is 11.6. The molecule has 4 aromatic rings. The van der Waals surface area contributed by atoms with Gasteiger partial charge in [-0.2, -0.15) is 0 Å². The van der Waals surface area contributed by atoms with Crippen molar-refractivity contribution in [2.45, 2.75) is 33.7 Å². The highest BCUT2D eigenvalue weighted by Gasteiger charge is 2.23. The van der Waals surface area contributed by atoms with Gasteiger partial charge in [-0.1, -0.05) is 42.8 Å². The van der Waals surface area contributed by atoms with Crippen molar-refractivity contribution in [1.82, 2.24) is 14.9 Å². The molecule has 0 saturated carbocycles. The van der Waals surface area contributed by atoms with E-state index in [1.807, 2.05) is 0 Å². The molecule has 0 spiro atoms. The Morgan fingerprint density at radius 2 is 1.68 bits per heavy atom. The van der Waals surface area contributed by atoms with Gasteiger partial charge in [-0.3, -0.25) is 9.59 Å². The first-order valence-corrected chi connectivity index (χ1v) is 12.6. The number of benzene rings is 3. The third kappa shape index (κ3) is 5.75. The number of aryl methyl sites for hydroxylation is 1. The van der Waals surface area contributed by atoms with Gasteiger partial charge in [-0.15, -0.1) is 0 Å². The predicted molar refractivity (Wildman–Crippen MR) is 143 cm³/mol. The summed E-state index contributed by atoms with van der Waals surface area (Å²) in [6.45, 7) is 5.11. The maximum absolute atomic E-state index is 15.3. The Bertz CT molecular complexity index is 1540. The molecule has 0 radical (unpaired) electrons. The number of nitrogens with zero attached hydrogens (tertiary/aromatic N) is 2. The summed E-state index contributed by atoms with van der Waals surface area (Å²) in [7, 11) is 1.61. The van der Waals surface area contributed by atoms with Crippen molar-refractivity contribution in [2.24, 2.45) is 12.5 Å². The Hall–Kier alpha value is -3.66. The number of carbonyl (C=O) groups is 2. The average Bonchev–Trinajstić information content (AvgIpc) is 3.15. The number of imidazole rings is 1. The summed E-state index contributed by atoms with van der Waals surface area (Å²) in [5.74, 6) is -2.94. The molecule has 0 aliphatic rings. The van der Waals surface area contributed by atoms with Crippen LogP contribution < -0.4 is 10.6 Å². The van der Waals surface area contributed by atoms with Gasteiger partial charge in [0.2, 0.25) is 5.91 Å². The van der Waals surface area contributed by atoms with Crippen LogP contribution in [0.2, 0.25) is 0 Å². The van der Waals surface area contributed by atoms with Crippen LogP contribution >= 0.6 is 15.9 Å². The average molecular weight is 587 g/mol. The molecule has 198 valence electrons. The Morgan fingerprint density at radius 1 is 1.00 bits per heavy atom. The number of carbonyl (C=O) groups excluding carboxylic acids is 2. The van der Waals surface area contributed by atoms with Crippen molar-refractivity contribution in [3.05, 3.63) is 93.0 Å².